The van der Waals surface area contributed by atoms with E-state index in [0.717, 1.165) is 66.6 Å². The lowest BCUT2D eigenvalue weighted by Gasteiger charge is -2.11. The highest BCUT2D eigenvalue weighted by atomic mass is 32.1. The van der Waals surface area contributed by atoms with Gasteiger partial charge in [-0.3, -0.25) is 0 Å². The lowest BCUT2D eigenvalue weighted by Crippen LogP contribution is -2.00. The van der Waals surface area contributed by atoms with Crippen LogP contribution in [0.25, 0.3) is 104 Å². The SMILES string of the molecule is c1ccc(-c2nc(-c3cccc(-c4nn5c(-c6ccccc6)cc6ccccc6c5c4-c4ccccc4)c3)nc(-c3ccc4c(c3)sc3ccccc34)n2)cc1. The Bertz CT molecular complexity index is 3240. The number of benzene rings is 7. The Morgan fingerprint density at radius 3 is 1.68 bits per heavy atom. The smallest absolute Gasteiger partial charge is 0.164 e. The van der Waals surface area contributed by atoms with Crippen LogP contribution in [0.2, 0.25) is 0 Å². The quantitative estimate of drug-likeness (QED) is 0.171. The third-order valence-electron chi connectivity index (χ3n) is 10.5. The summed E-state index contributed by atoms with van der Waals surface area (Å²) in [5, 5.41) is 10.3. The van der Waals surface area contributed by atoms with E-state index in [0.29, 0.717) is 17.5 Å². The molecular formula is C50H31N5S. The molecule has 56 heavy (non-hydrogen) atoms. The van der Waals surface area contributed by atoms with Gasteiger partial charge in [0.2, 0.25) is 0 Å². The van der Waals surface area contributed by atoms with Crippen LogP contribution in [0, 0.1) is 0 Å². The largest absolute Gasteiger partial charge is 0.231 e. The summed E-state index contributed by atoms with van der Waals surface area (Å²) in [6.07, 6.45) is 0. The van der Waals surface area contributed by atoms with E-state index in [4.69, 9.17) is 20.1 Å². The molecule has 4 aromatic heterocycles. The molecule has 0 aliphatic heterocycles. The van der Waals surface area contributed by atoms with E-state index in [1.165, 1.54) is 20.2 Å². The van der Waals surface area contributed by atoms with Crippen LogP contribution in [0.3, 0.4) is 0 Å². The first-order valence-electron chi connectivity index (χ1n) is 18.6. The van der Waals surface area contributed by atoms with Gasteiger partial charge in [-0.25, -0.2) is 19.5 Å². The van der Waals surface area contributed by atoms with Crippen molar-refractivity contribution in [2.45, 2.75) is 0 Å². The molecule has 0 aliphatic carbocycles. The molecule has 11 rings (SSSR count). The van der Waals surface area contributed by atoms with Crippen molar-refractivity contribution in [3.8, 4) is 67.8 Å². The van der Waals surface area contributed by atoms with Gasteiger partial charge in [0.1, 0.15) is 5.69 Å². The van der Waals surface area contributed by atoms with Crippen LogP contribution in [0.15, 0.2) is 188 Å². The van der Waals surface area contributed by atoms with Crippen molar-refractivity contribution in [3.05, 3.63) is 188 Å². The molecule has 0 aliphatic rings. The molecule has 4 heterocycles. The van der Waals surface area contributed by atoms with Crippen LogP contribution >= 0.6 is 11.3 Å². The highest BCUT2D eigenvalue weighted by Crippen LogP contribution is 2.42. The number of thiophene rings is 1. The molecule has 0 saturated heterocycles. The molecule has 0 N–H and O–H groups in total. The zero-order valence-electron chi connectivity index (χ0n) is 30.0. The first-order valence-corrected chi connectivity index (χ1v) is 19.5. The third kappa shape index (κ3) is 5.46. The normalized spacial score (nSPS) is 11.6. The molecule has 0 unspecified atom stereocenters. The highest BCUT2D eigenvalue weighted by molar-refractivity contribution is 7.25. The first-order chi connectivity index (χ1) is 27.7. The molecule has 0 spiro atoms. The molecule has 6 heteroatoms. The second-order valence-electron chi connectivity index (χ2n) is 13.9. The van der Waals surface area contributed by atoms with Crippen molar-refractivity contribution in [1.82, 2.24) is 24.6 Å². The number of hydrogen-bond acceptors (Lipinski definition) is 5. The summed E-state index contributed by atoms with van der Waals surface area (Å²) in [7, 11) is 0. The average molecular weight is 734 g/mol. The average Bonchev–Trinajstić information content (AvgIpc) is 3.86. The van der Waals surface area contributed by atoms with Crippen molar-refractivity contribution in [3.63, 3.8) is 0 Å². The van der Waals surface area contributed by atoms with Crippen molar-refractivity contribution >= 4 is 47.8 Å². The minimum absolute atomic E-state index is 0.604. The van der Waals surface area contributed by atoms with Gasteiger partial charge in [0, 0.05) is 58.9 Å². The zero-order valence-corrected chi connectivity index (χ0v) is 30.9. The van der Waals surface area contributed by atoms with Crippen LogP contribution in [0.1, 0.15) is 0 Å². The zero-order chi connectivity index (χ0) is 37.0. The maximum atomic E-state index is 5.46. The Kier molecular flexibility index (Phi) is 7.60. The summed E-state index contributed by atoms with van der Waals surface area (Å²) in [5.41, 5.74) is 10.0. The van der Waals surface area contributed by atoms with Crippen LogP contribution < -0.4 is 0 Å². The van der Waals surface area contributed by atoms with Gasteiger partial charge in [-0.15, -0.1) is 11.3 Å². The summed E-state index contributed by atoms with van der Waals surface area (Å²) in [6, 6.07) is 65.6. The van der Waals surface area contributed by atoms with Gasteiger partial charge < -0.3 is 0 Å². The molecule has 7 aromatic carbocycles. The summed E-state index contributed by atoms with van der Waals surface area (Å²) < 4.78 is 4.60. The fourth-order valence-corrected chi connectivity index (χ4v) is 8.95. The van der Waals surface area contributed by atoms with Crippen molar-refractivity contribution in [2.24, 2.45) is 0 Å². The fraction of sp³-hybridized carbons (Fsp3) is 0. The molecule has 0 radical (unpaired) electrons. The second-order valence-corrected chi connectivity index (χ2v) is 15.0. The Labute approximate surface area is 326 Å². The Balaban J connectivity index is 1.13. The molecule has 5 nitrogen and oxygen atoms in total. The summed E-state index contributed by atoms with van der Waals surface area (Å²) in [5.74, 6) is 1.87. The predicted octanol–water partition coefficient (Wildman–Crippen LogP) is 13.0. The predicted molar refractivity (Wildman–Crippen MR) is 232 cm³/mol. The molecule has 0 fully saturated rings. The molecule has 0 saturated carbocycles. The van der Waals surface area contributed by atoms with Crippen LogP contribution in [0.5, 0.6) is 0 Å². The van der Waals surface area contributed by atoms with Gasteiger partial charge in [-0.1, -0.05) is 164 Å². The minimum Gasteiger partial charge on any atom is -0.231 e. The summed E-state index contributed by atoms with van der Waals surface area (Å²) >= 11 is 1.79. The van der Waals surface area contributed by atoms with E-state index < -0.39 is 0 Å². The second kappa shape index (κ2) is 13.2. The topological polar surface area (TPSA) is 56.0 Å². The maximum absolute atomic E-state index is 5.46. The van der Waals surface area contributed by atoms with E-state index in [-0.39, 0.29) is 0 Å². The van der Waals surface area contributed by atoms with Crippen molar-refractivity contribution in [2.75, 3.05) is 0 Å². The number of nitrogens with zero attached hydrogens (tertiary/aromatic N) is 5. The van der Waals surface area contributed by atoms with E-state index in [1.54, 1.807) is 11.3 Å². The van der Waals surface area contributed by atoms with Crippen molar-refractivity contribution < 1.29 is 0 Å². The maximum Gasteiger partial charge on any atom is 0.164 e. The van der Waals surface area contributed by atoms with Crippen molar-refractivity contribution in [1.29, 1.82) is 0 Å². The van der Waals surface area contributed by atoms with E-state index in [1.807, 2.05) is 30.3 Å². The lowest BCUT2D eigenvalue weighted by atomic mass is 9.96. The van der Waals surface area contributed by atoms with Crippen LogP contribution in [-0.2, 0) is 0 Å². The van der Waals surface area contributed by atoms with Gasteiger partial charge in [0.05, 0.1) is 11.2 Å². The fourth-order valence-electron chi connectivity index (χ4n) is 7.80. The molecule has 0 atom stereocenters. The highest BCUT2D eigenvalue weighted by Gasteiger charge is 2.22. The van der Waals surface area contributed by atoms with Gasteiger partial charge in [-0.2, -0.15) is 5.10 Å². The Morgan fingerprint density at radius 2 is 0.929 bits per heavy atom. The van der Waals surface area contributed by atoms with Gasteiger partial charge in [0.25, 0.3) is 0 Å². The minimum atomic E-state index is 0.604. The number of pyridine rings is 1. The van der Waals surface area contributed by atoms with Gasteiger partial charge in [-0.05, 0) is 35.2 Å². The third-order valence-corrected chi connectivity index (χ3v) is 11.6. The van der Waals surface area contributed by atoms with Crippen LogP contribution in [0.4, 0.5) is 0 Å². The number of aromatic nitrogens is 5. The number of hydrogen-bond donors (Lipinski definition) is 0. The molecule has 11 aromatic rings. The Hall–Kier alpha value is -7.28. The number of fused-ring (bicyclic) bond motifs is 6. The van der Waals surface area contributed by atoms with Crippen LogP contribution in [-0.4, -0.2) is 24.6 Å². The molecule has 0 amide bonds. The molecular weight excluding hydrogens is 703 g/mol. The summed E-state index contributed by atoms with van der Waals surface area (Å²) in [4.78, 5) is 15.3. The van der Waals surface area contributed by atoms with E-state index >= 15 is 0 Å². The molecule has 262 valence electrons. The lowest BCUT2D eigenvalue weighted by molar-refractivity contribution is 0.979. The van der Waals surface area contributed by atoms with Gasteiger partial charge in [0.15, 0.2) is 17.5 Å². The molecule has 0 bridgehead atoms. The number of rotatable bonds is 6. The monoisotopic (exact) mass is 733 g/mol. The Morgan fingerprint density at radius 1 is 0.375 bits per heavy atom. The summed E-state index contributed by atoms with van der Waals surface area (Å²) in [6.45, 7) is 0. The van der Waals surface area contributed by atoms with E-state index in [2.05, 4.69) is 162 Å². The standard InChI is InChI=1S/C50H31N5S/c1-4-15-32(16-5-1)42-30-35-21-10-11-24-39(35)47-45(33-17-6-2-7-18-33)46(54-55(42)47)36-22-14-23-37(29-36)49-51-48(34-19-8-3-9-20-34)52-50(53-49)38-27-28-41-40-25-12-13-26-43(40)56-44(41)31-38/h1-31H. The van der Waals surface area contributed by atoms with Gasteiger partial charge >= 0.3 is 0 Å². The van der Waals surface area contributed by atoms with E-state index in [9.17, 15) is 0 Å². The first kappa shape index (κ1) is 32.2.